The van der Waals surface area contributed by atoms with Gasteiger partial charge < -0.3 is 10.2 Å². The molecule has 0 aliphatic heterocycles. The molecule has 1 N–H and O–H groups in total. The van der Waals surface area contributed by atoms with Crippen LogP contribution in [-0.2, 0) is 14.6 Å². The summed E-state index contributed by atoms with van der Waals surface area (Å²) in [5.41, 5.74) is 0.936. The molecule has 0 saturated heterocycles. The molecule has 25 heavy (non-hydrogen) atoms. The number of carbonyl (C=O) groups is 1. The van der Waals surface area contributed by atoms with Gasteiger partial charge in [-0.15, -0.1) is 0 Å². The van der Waals surface area contributed by atoms with Crippen LogP contribution < -0.4 is 10.2 Å². The Morgan fingerprint density at radius 2 is 1.88 bits per heavy atom. The van der Waals surface area contributed by atoms with E-state index in [1.165, 1.54) is 0 Å². The highest BCUT2D eigenvalue weighted by Gasteiger charge is 2.34. The Kier molecular flexibility index (Phi) is 6.43. The number of rotatable bonds is 6. The number of nitriles is 1. The molecular weight excluding hydrogens is 338 g/mol. The van der Waals surface area contributed by atoms with Gasteiger partial charge in [0.1, 0.15) is 6.54 Å². The van der Waals surface area contributed by atoms with Gasteiger partial charge in [0.15, 0.2) is 9.84 Å². The van der Waals surface area contributed by atoms with Gasteiger partial charge in [-0.1, -0.05) is 12.8 Å². The number of hydrogen-bond donors (Lipinski definition) is 1. The van der Waals surface area contributed by atoms with Crippen LogP contribution in [0.5, 0.6) is 0 Å². The van der Waals surface area contributed by atoms with Crippen molar-refractivity contribution in [1.82, 2.24) is 5.32 Å². The molecular formula is C18H25N3O3S. The molecule has 1 saturated carbocycles. The normalized spacial score (nSPS) is 20.5. The highest BCUT2D eigenvalue weighted by molar-refractivity contribution is 7.91. The lowest BCUT2D eigenvalue weighted by Gasteiger charge is -2.30. The highest BCUT2D eigenvalue weighted by Crippen LogP contribution is 2.33. The van der Waals surface area contributed by atoms with Crippen LogP contribution in [0.3, 0.4) is 0 Å². The Hall–Kier alpha value is -2.07. The molecule has 1 aliphatic rings. The number of benzene rings is 1. The number of hydrogen-bond acceptors (Lipinski definition) is 5. The fourth-order valence-electron chi connectivity index (χ4n) is 3.34. The van der Waals surface area contributed by atoms with Crippen molar-refractivity contribution in [3.8, 4) is 6.07 Å². The second kappa shape index (κ2) is 8.34. The summed E-state index contributed by atoms with van der Waals surface area (Å²) in [5, 5.41) is 11.2. The van der Waals surface area contributed by atoms with Crippen molar-refractivity contribution in [2.45, 2.75) is 30.6 Å². The summed E-state index contributed by atoms with van der Waals surface area (Å²) in [6, 6.07) is 8.70. The molecule has 0 heterocycles. The number of nitrogens with one attached hydrogen (secondary N) is 1. The Morgan fingerprint density at radius 1 is 1.24 bits per heavy atom. The molecule has 1 aliphatic carbocycles. The van der Waals surface area contributed by atoms with Gasteiger partial charge in [0, 0.05) is 25.7 Å². The van der Waals surface area contributed by atoms with Gasteiger partial charge in [0.05, 0.1) is 16.7 Å². The van der Waals surface area contributed by atoms with Crippen molar-refractivity contribution < 1.29 is 13.2 Å². The van der Waals surface area contributed by atoms with E-state index in [0.717, 1.165) is 24.9 Å². The second-order valence-corrected chi connectivity index (χ2v) is 8.73. The maximum Gasteiger partial charge on any atom is 0.224 e. The van der Waals surface area contributed by atoms with E-state index >= 15 is 0 Å². The standard InChI is InChI=1S/C18H25N3O3S/c1-21(2)15-7-9-16(10-8-15)25(23,24)13-14-5-3-4-6-17(14)18(22)20-12-11-19/h7-10,14,17H,3-6,12-13H2,1-2H3,(H,20,22)/t14-,17+/m1/s1. The minimum atomic E-state index is -3.45. The lowest BCUT2D eigenvalue weighted by atomic mass is 9.80. The quantitative estimate of drug-likeness (QED) is 0.781. The van der Waals surface area contributed by atoms with Crippen LogP contribution in [-0.4, -0.2) is 40.7 Å². The van der Waals surface area contributed by atoms with E-state index in [1.807, 2.05) is 25.1 Å². The lowest BCUT2D eigenvalue weighted by molar-refractivity contribution is -0.127. The average Bonchev–Trinajstić information content (AvgIpc) is 2.60. The summed E-state index contributed by atoms with van der Waals surface area (Å²) in [5.74, 6) is -0.771. The van der Waals surface area contributed by atoms with Crippen molar-refractivity contribution in [2.24, 2.45) is 11.8 Å². The third kappa shape index (κ3) is 4.95. The third-order valence-electron chi connectivity index (χ3n) is 4.73. The maximum atomic E-state index is 12.8. The van der Waals surface area contributed by atoms with E-state index in [4.69, 9.17) is 5.26 Å². The summed E-state index contributed by atoms with van der Waals surface area (Å²) < 4.78 is 25.5. The van der Waals surface area contributed by atoms with Crippen molar-refractivity contribution in [1.29, 1.82) is 5.26 Å². The zero-order chi connectivity index (χ0) is 18.4. The van der Waals surface area contributed by atoms with Gasteiger partial charge in [-0.05, 0) is 43.0 Å². The number of nitrogens with zero attached hydrogens (tertiary/aromatic N) is 2. The number of sulfone groups is 1. The SMILES string of the molecule is CN(C)c1ccc(S(=O)(=O)C[C@H]2CCCC[C@@H]2C(=O)NCC#N)cc1. The van der Waals surface area contributed by atoms with Gasteiger partial charge in [-0.3, -0.25) is 4.79 Å². The topological polar surface area (TPSA) is 90.3 Å². The van der Waals surface area contributed by atoms with Crippen LogP contribution >= 0.6 is 0 Å². The number of anilines is 1. The molecule has 136 valence electrons. The van der Waals surface area contributed by atoms with E-state index in [-0.39, 0.29) is 30.0 Å². The number of carbonyl (C=O) groups excluding carboxylic acids is 1. The summed E-state index contributed by atoms with van der Waals surface area (Å²) in [6.07, 6.45) is 3.25. The highest BCUT2D eigenvalue weighted by atomic mass is 32.2. The van der Waals surface area contributed by atoms with Gasteiger partial charge in [-0.25, -0.2) is 8.42 Å². The van der Waals surface area contributed by atoms with Crippen molar-refractivity contribution in [2.75, 3.05) is 31.3 Å². The summed E-state index contributed by atoms with van der Waals surface area (Å²) in [4.78, 5) is 14.4. The fourth-order valence-corrected chi connectivity index (χ4v) is 5.05. The maximum absolute atomic E-state index is 12.8. The molecule has 1 amide bonds. The predicted octanol–water partition coefficient (Wildman–Crippen LogP) is 1.97. The minimum Gasteiger partial charge on any atom is -0.378 e. The van der Waals surface area contributed by atoms with Gasteiger partial charge in [0.25, 0.3) is 0 Å². The van der Waals surface area contributed by atoms with Crippen LogP contribution in [0, 0.1) is 23.2 Å². The first-order valence-electron chi connectivity index (χ1n) is 8.50. The molecule has 1 aromatic rings. The zero-order valence-electron chi connectivity index (χ0n) is 14.7. The Labute approximate surface area is 149 Å². The predicted molar refractivity (Wildman–Crippen MR) is 96.9 cm³/mol. The van der Waals surface area contributed by atoms with Crippen LogP contribution in [0.4, 0.5) is 5.69 Å². The summed E-state index contributed by atoms with van der Waals surface area (Å²) in [6.45, 7) is -0.0409. The molecule has 6 nitrogen and oxygen atoms in total. The Balaban J connectivity index is 2.13. The number of amides is 1. The lowest BCUT2D eigenvalue weighted by Crippen LogP contribution is -2.39. The van der Waals surface area contributed by atoms with E-state index in [0.29, 0.717) is 11.3 Å². The first-order valence-corrected chi connectivity index (χ1v) is 10.1. The first kappa shape index (κ1) is 19.3. The Bertz CT molecular complexity index is 736. The van der Waals surface area contributed by atoms with Crippen LogP contribution in [0.1, 0.15) is 25.7 Å². The third-order valence-corrected chi connectivity index (χ3v) is 6.59. The molecule has 0 unspecified atom stereocenters. The van der Waals surface area contributed by atoms with E-state index in [1.54, 1.807) is 24.3 Å². The fraction of sp³-hybridized carbons (Fsp3) is 0.556. The van der Waals surface area contributed by atoms with E-state index < -0.39 is 9.84 Å². The van der Waals surface area contributed by atoms with Crippen molar-refractivity contribution >= 4 is 21.4 Å². The van der Waals surface area contributed by atoms with E-state index in [2.05, 4.69) is 5.32 Å². The van der Waals surface area contributed by atoms with Gasteiger partial charge >= 0.3 is 0 Å². The smallest absolute Gasteiger partial charge is 0.224 e. The molecule has 2 rings (SSSR count). The van der Waals surface area contributed by atoms with E-state index in [9.17, 15) is 13.2 Å². The monoisotopic (exact) mass is 363 g/mol. The molecule has 7 heteroatoms. The first-order chi connectivity index (χ1) is 11.8. The molecule has 0 spiro atoms. The van der Waals surface area contributed by atoms with Gasteiger partial charge in [-0.2, -0.15) is 5.26 Å². The van der Waals surface area contributed by atoms with Crippen LogP contribution in [0.25, 0.3) is 0 Å². The largest absolute Gasteiger partial charge is 0.378 e. The van der Waals surface area contributed by atoms with Crippen LogP contribution in [0.15, 0.2) is 29.2 Å². The summed E-state index contributed by atoms with van der Waals surface area (Å²) >= 11 is 0. The summed E-state index contributed by atoms with van der Waals surface area (Å²) in [7, 11) is 0.345. The molecule has 1 fully saturated rings. The molecule has 1 aromatic carbocycles. The van der Waals surface area contributed by atoms with Crippen molar-refractivity contribution in [3.63, 3.8) is 0 Å². The molecule has 2 atom stereocenters. The second-order valence-electron chi connectivity index (χ2n) is 6.70. The molecule has 0 aromatic heterocycles. The molecule has 0 bridgehead atoms. The zero-order valence-corrected chi connectivity index (χ0v) is 15.6. The average molecular weight is 363 g/mol. The Morgan fingerprint density at radius 3 is 2.48 bits per heavy atom. The minimum absolute atomic E-state index is 0.0288. The molecule has 0 radical (unpaired) electrons. The van der Waals surface area contributed by atoms with Crippen LogP contribution in [0.2, 0.25) is 0 Å². The van der Waals surface area contributed by atoms with Crippen molar-refractivity contribution in [3.05, 3.63) is 24.3 Å². The van der Waals surface area contributed by atoms with Gasteiger partial charge in [0.2, 0.25) is 5.91 Å².